The van der Waals surface area contributed by atoms with E-state index in [-0.39, 0.29) is 12.5 Å². The molecule has 0 atom stereocenters. The molecule has 0 unspecified atom stereocenters. The first-order valence-electron chi connectivity index (χ1n) is 5.71. The number of hydrogen-bond acceptors (Lipinski definition) is 2. The third kappa shape index (κ3) is 3.70. The standard InChI is InChI=1S/C13H13ClIN3O/c1-8-5-9(2)18(17-8)7-13(19)16-12-4-3-10(14)6-11(12)15/h3-6H,7H2,1-2H3,(H,16,19). The van der Waals surface area contributed by atoms with Crippen LogP contribution < -0.4 is 5.32 Å². The van der Waals surface area contributed by atoms with Gasteiger partial charge < -0.3 is 5.32 Å². The van der Waals surface area contributed by atoms with Gasteiger partial charge in [-0.2, -0.15) is 5.10 Å². The highest BCUT2D eigenvalue weighted by atomic mass is 127. The molecule has 0 aliphatic heterocycles. The largest absolute Gasteiger partial charge is 0.324 e. The predicted molar refractivity (Wildman–Crippen MR) is 84.5 cm³/mol. The summed E-state index contributed by atoms with van der Waals surface area (Å²) in [6, 6.07) is 7.30. The van der Waals surface area contributed by atoms with Crippen molar-refractivity contribution in [2.24, 2.45) is 0 Å². The van der Waals surface area contributed by atoms with Crippen LogP contribution in [0.4, 0.5) is 5.69 Å². The number of rotatable bonds is 3. The molecule has 0 bridgehead atoms. The third-order valence-corrected chi connectivity index (χ3v) is 3.73. The Kier molecular flexibility index (Phi) is 4.46. The highest BCUT2D eigenvalue weighted by Crippen LogP contribution is 2.22. The zero-order valence-electron chi connectivity index (χ0n) is 10.6. The minimum atomic E-state index is -0.105. The smallest absolute Gasteiger partial charge is 0.246 e. The third-order valence-electron chi connectivity index (χ3n) is 2.60. The van der Waals surface area contributed by atoms with Crippen molar-refractivity contribution in [3.63, 3.8) is 0 Å². The summed E-state index contributed by atoms with van der Waals surface area (Å²) in [6.07, 6.45) is 0. The topological polar surface area (TPSA) is 46.9 Å². The van der Waals surface area contributed by atoms with Crippen LogP contribution in [0.1, 0.15) is 11.4 Å². The Hall–Kier alpha value is -1.08. The molecule has 1 N–H and O–H groups in total. The van der Waals surface area contributed by atoms with E-state index < -0.39 is 0 Å². The van der Waals surface area contributed by atoms with Gasteiger partial charge in [0.2, 0.25) is 5.91 Å². The van der Waals surface area contributed by atoms with Gasteiger partial charge in [-0.15, -0.1) is 0 Å². The minimum Gasteiger partial charge on any atom is -0.324 e. The number of carbonyl (C=O) groups is 1. The molecule has 0 saturated carbocycles. The second kappa shape index (κ2) is 5.92. The Balaban J connectivity index is 2.07. The molecule has 100 valence electrons. The number of nitrogens with zero attached hydrogens (tertiary/aromatic N) is 2. The van der Waals surface area contributed by atoms with Crippen LogP contribution in [-0.4, -0.2) is 15.7 Å². The molecule has 0 aliphatic rings. The number of carbonyl (C=O) groups excluding carboxylic acids is 1. The van der Waals surface area contributed by atoms with Crippen molar-refractivity contribution in [2.45, 2.75) is 20.4 Å². The molecular weight excluding hydrogens is 377 g/mol. The van der Waals surface area contributed by atoms with Crippen molar-refractivity contribution in [1.29, 1.82) is 0 Å². The van der Waals surface area contributed by atoms with E-state index in [1.54, 1.807) is 22.9 Å². The molecule has 0 spiro atoms. The average molecular weight is 390 g/mol. The van der Waals surface area contributed by atoms with Crippen molar-refractivity contribution < 1.29 is 4.79 Å². The summed E-state index contributed by atoms with van der Waals surface area (Å²) in [4.78, 5) is 12.0. The number of benzene rings is 1. The van der Waals surface area contributed by atoms with Crippen molar-refractivity contribution in [3.05, 3.63) is 44.2 Å². The van der Waals surface area contributed by atoms with Gasteiger partial charge in [0.25, 0.3) is 0 Å². The van der Waals surface area contributed by atoms with Crippen LogP contribution >= 0.6 is 34.2 Å². The fraction of sp³-hybridized carbons (Fsp3) is 0.231. The second-order valence-corrected chi connectivity index (χ2v) is 5.86. The molecular formula is C13H13ClIN3O. The monoisotopic (exact) mass is 389 g/mol. The zero-order chi connectivity index (χ0) is 14.0. The summed E-state index contributed by atoms with van der Waals surface area (Å²) in [5.41, 5.74) is 2.64. The van der Waals surface area contributed by atoms with Crippen LogP contribution in [0.5, 0.6) is 0 Å². The van der Waals surface area contributed by atoms with Crippen molar-refractivity contribution >= 4 is 45.8 Å². The first-order valence-corrected chi connectivity index (χ1v) is 7.17. The number of amides is 1. The Morgan fingerprint density at radius 2 is 2.16 bits per heavy atom. The highest BCUT2D eigenvalue weighted by molar-refractivity contribution is 14.1. The summed E-state index contributed by atoms with van der Waals surface area (Å²) in [5.74, 6) is -0.105. The van der Waals surface area contributed by atoms with Gasteiger partial charge in [0.15, 0.2) is 0 Å². The molecule has 2 aromatic rings. The number of halogens is 2. The van der Waals surface area contributed by atoms with E-state index in [9.17, 15) is 4.79 Å². The summed E-state index contributed by atoms with van der Waals surface area (Å²) in [5, 5.41) is 7.77. The van der Waals surface area contributed by atoms with Gasteiger partial charge >= 0.3 is 0 Å². The first kappa shape index (κ1) is 14.3. The van der Waals surface area contributed by atoms with Crippen LogP contribution in [0.2, 0.25) is 5.02 Å². The molecule has 2 rings (SSSR count). The number of anilines is 1. The van der Waals surface area contributed by atoms with Crippen LogP contribution in [0, 0.1) is 17.4 Å². The maximum absolute atomic E-state index is 12.0. The summed E-state index contributed by atoms with van der Waals surface area (Å²) in [7, 11) is 0. The molecule has 0 fully saturated rings. The zero-order valence-corrected chi connectivity index (χ0v) is 13.5. The van der Waals surface area contributed by atoms with Crippen LogP contribution in [0.25, 0.3) is 0 Å². The average Bonchev–Trinajstić information content (AvgIpc) is 2.61. The van der Waals surface area contributed by atoms with Gasteiger partial charge in [0.1, 0.15) is 6.54 Å². The van der Waals surface area contributed by atoms with Crippen molar-refractivity contribution in [1.82, 2.24) is 9.78 Å². The Labute approximate surface area is 130 Å². The molecule has 1 amide bonds. The SMILES string of the molecule is Cc1cc(C)n(CC(=O)Nc2ccc(Cl)cc2I)n1. The molecule has 1 aromatic heterocycles. The molecule has 0 saturated heterocycles. The van der Waals surface area contributed by atoms with Gasteiger partial charge in [0.05, 0.1) is 11.4 Å². The van der Waals surface area contributed by atoms with Gasteiger partial charge in [-0.25, -0.2) is 0 Å². The lowest BCUT2D eigenvalue weighted by Gasteiger charge is -2.08. The fourth-order valence-corrected chi connectivity index (χ4v) is 2.76. The Morgan fingerprint density at radius 3 is 2.74 bits per heavy atom. The number of nitrogens with one attached hydrogen (secondary N) is 1. The van der Waals surface area contributed by atoms with Gasteiger partial charge in [0, 0.05) is 14.3 Å². The molecule has 1 heterocycles. The number of aromatic nitrogens is 2. The lowest BCUT2D eigenvalue weighted by molar-refractivity contribution is -0.116. The molecule has 1 aromatic carbocycles. The minimum absolute atomic E-state index is 0.105. The maximum Gasteiger partial charge on any atom is 0.246 e. The van der Waals surface area contributed by atoms with E-state index in [0.29, 0.717) is 5.02 Å². The number of hydrogen-bond donors (Lipinski definition) is 1. The summed E-state index contributed by atoms with van der Waals surface area (Å²) < 4.78 is 2.60. The van der Waals surface area contributed by atoms with Crippen LogP contribution in [0.3, 0.4) is 0 Å². The highest BCUT2D eigenvalue weighted by Gasteiger charge is 2.09. The summed E-state index contributed by atoms with van der Waals surface area (Å²) in [6.45, 7) is 4.04. The lowest BCUT2D eigenvalue weighted by atomic mass is 10.3. The van der Waals surface area contributed by atoms with E-state index in [4.69, 9.17) is 11.6 Å². The summed E-state index contributed by atoms with van der Waals surface area (Å²) >= 11 is 8.01. The van der Waals surface area contributed by atoms with E-state index >= 15 is 0 Å². The Bertz CT molecular complexity index is 624. The van der Waals surface area contributed by atoms with E-state index in [1.165, 1.54) is 0 Å². The van der Waals surface area contributed by atoms with Crippen LogP contribution in [-0.2, 0) is 11.3 Å². The lowest BCUT2D eigenvalue weighted by Crippen LogP contribution is -2.20. The first-order chi connectivity index (χ1) is 8.95. The molecule has 6 heteroatoms. The quantitative estimate of drug-likeness (QED) is 0.818. The molecule has 4 nitrogen and oxygen atoms in total. The van der Waals surface area contributed by atoms with Gasteiger partial charge in [-0.3, -0.25) is 9.48 Å². The van der Waals surface area contributed by atoms with E-state index in [1.807, 2.05) is 19.9 Å². The van der Waals surface area contributed by atoms with Gasteiger partial charge in [-0.1, -0.05) is 11.6 Å². The second-order valence-electron chi connectivity index (χ2n) is 4.26. The number of aryl methyl sites for hydroxylation is 2. The van der Waals surface area contributed by atoms with E-state index in [2.05, 4.69) is 33.0 Å². The molecule has 0 aliphatic carbocycles. The fourth-order valence-electron chi connectivity index (χ4n) is 1.75. The predicted octanol–water partition coefficient (Wildman–Crippen LogP) is 3.40. The maximum atomic E-state index is 12.0. The normalized spacial score (nSPS) is 10.5. The van der Waals surface area contributed by atoms with Crippen molar-refractivity contribution in [3.8, 4) is 0 Å². The van der Waals surface area contributed by atoms with Crippen LogP contribution in [0.15, 0.2) is 24.3 Å². The van der Waals surface area contributed by atoms with Gasteiger partial charge in [-0.05, 0) is 60.7 Å². The Morgan fingerprint density at radius 1 is 1.42 bits per heavy atom. The molecule has 0 radical (unpaired) electrons. The van der Waals surface area contributed by atoms with E-state index in [0.717, 1.165) is 20.6 Å². The van der Waals surface area contributed by atoms with Crippen molar-refractivity contribution in [2.75, 3.05) is 5.32 Å². The molecule has 19 heavy (non-hydrogen) atoms.